The van der Waals surface area contributed by atoms with Gasteiger partial charge in [0.25, 0.3) is 0 Å². The molecule has 0 aromatic carbocycles. The molecule has 0 radical (unpaired) electrons. The van der Waals surface area contributed by atoms with Crippen LogP contribution < -0.4 is 5.32 Å². The van der Waals surface area contributed by atoms with Crippen molar-refractivity contribution >= 4 is 5.97 Å². The Hall–Kier alpha value is -1.70. The molecule has 2 heterocycles. The monoisotopic (exact) mass is 334 g/mol. The third-order valence-corrected chi connectivity index (χ3v) is 4.82. The summed E-state index contributed by atoms with van der Waals surface area (Å²) < 4.78 is 7.15. The molecule has 2 N–H and O–H groups in total. The van der Waals surface area contributed by atoms with Crippen molar-refractivity contribution in [1.82, 2.24) is 20.0 Å². The van der Waals surface area contributed by atoms with Crippen molar-refractivity contribution in [3.8, 4) is 0 Å². The van der Waals surface area contributed by atoms with Gasteiger partial charge in [0.2, 0.25) is 0 Å². The minimum absolute atomic E-state index is 0.200. The van der Waals surface area contributed by atoms with Gasteiger partial charge in [0.15, 0.2) is 5.69 Å². The number of nitrogens with one attached hydrogen (secondary N) is 1. The first kappa shape index (κ1) is 17.1. The summed E-state index contributed by atoms with van der Waals surface area (Å²) in [7, 11) is 0. The van der Waals surface area contributed by atoms with Crippen LogP contribution in [-0.2, 0) is 24.1 Å². The number of morpholine rings is 1. The van der Waals surface area contributed by atoms with Crippen LogP contribution in [0.4, 0.5) is 0 Å². The molecule has 1 aliphatic carbocycles. The fourth-order valence-electron chi connectivity index (χ4n) is 3.56. The molecular formula is C17H26N4O3. The molecule has 1 aromatic heterocycles. The molecule has 1 aromatic rings. The van der Waals surface area contributed by atoms with Crippen molar-refractivity contribution in [1.29, 1.82) is 0 Å². The van der Waals surface area contributed by atoms with Crippen LogP contribution in [0.15, 0.2) is 12.7 Å². The maximum absolute atomic E-state index is 11.5. The van der Waals surface area contributed by atoms with Crippen LogP contribution in [0, 0.1) is 0 Å². The predicted octanol–water partition coefficient (Wildman–Crippen LogP) is 0.546. The molecule has 0 amide bonds. The van der Waals surface area contributed by atoms with Crippen molar-refractivity contribution in [2.75, 3.05) is 39.4 Å². The maximum Gasteiger partial charge on any atom is 0.356 e. The summed E-state index contributed by atoms with van der Waals surface area (Å²) in [5, 5.41) is 17.3. The van der Waals surface area contributed by atoms with Gasteiger partial charge in [-0.2, -0.15) is 5.10 Å². The van der Waals surface area contributed by atoms with Crippen LogP contribution >= 0.6 is 0 Å². The first-order valence-electron chi connectivity index (χ1n) is 8.65. The van der Waals surface area contributed by atoms with E-state index in [1.54, 1.807) is 10.8 Å². The van der Waals surface area contributed by atoms with Gasteiger partial charge in [-0.1, -0.05) is 6.08 Å². The van der Waals surface area contributed by atoms with Crippen molar-refractivity contribution in [3.63, 3.8) is 0 Å². The largest absolute Gasteiger partial charge is 0.476 e. The smallest absolute Gasteiger partial charge is 0.356 e. The summed E-state index contributed by atoms with van der Waals surface area (Å²) >= 11 is 0. The Morgan fingerprint density at radius 2 is 2.25 bits per heavy atom. The van der Waals surface area contributed by atoms with E-state index in [0.717, 1.165) is 69.9 Å². The zero-order chi connectivity index (χ0) is 16.9. The molecule has 7 heteroatoms. The Morgan fingerprint density at radius 3 is 2.96 bits per heavy atom. The van der Waals surface area contributed by atoms with E-state index in [1.165, 1.54) is 0 Å². The molecule has 3 rings (SSSR count). The highest BCUT2D eigenvalue weighted by molar-refractivity contribution is 5.87. The standard InChI is InChI=1S/C17H26N4O3/c1-2-6-21-15-4-3-13(12-14(15)16(19-21)17(22)23)18-5-7-20-8-10-24-11-9-20/h2,13,18H,1,3-12H2,(H,22,23)/t13-/m1/s1. The van der Waals surface area contributed by atoms with Gasteiger partial charge in [0, 0.05) is 43.5 Å². The molecule has 0 bridgehead atoms. The van der Waals surface area contributed by atoms with E-state index in [9.17, 15) is 9.90 Å². The summed E-state index contributed by atoms with van der Waals surface area (Å²) in [4.78, 5) is 13.9. The summed E-state index contributed by atoms with van der Waals surface area (Å²) in [5.41, 5.74) is 2.14. The minimum Gasteiger partial charge on any atom is -0.476 e. The first-order chi connectivity index (χ1) is 11.7. The molecule has 7 nitrogen and oxygen atoms in total. The Labute approximate surface area is 142 Å². The molecule has 2 aliphatic rings. The zero-order valence-corrected chi connectivity index (χ0v) is 14.0. The lowest BCUT2D eigenvalue weighted by atomic mass is 9.91. The number of fused-ring (bicyclic) bond motifs is 1. The van der Waals surface area contributed by atoms with E-state index >= 15 is 0 Å². The number of hydrogen-bond acceptors (Lipinski definition) is 5. The van der Waals surface area contributed by atoms with Gasteiger partial charge in [-0.3, -0.25) is 9.58 Å². The van der Waals surface area contributed by atoms with E-state index in [2.05, 4.69) is 21.9 Å². The summed E-state index contributed by atoms with van der Waals surface area (Å²) in [6, 6.07) is 0.318. The van der Waals surface area contributed by atoms with Crippen LogP contribution in [0.25, 0.3) is 0 Å². The fraction of sp³-hybridized carbons (Fsp3) is 0.647. The number of ether oxygens (including phenoxy) is 1. The van der Waals surface area contributed by atoms with E-state index in [-0.39, 0.29) is 5.69 Å². The molecule has 1 aliphatic heterocycles. The van der Waals surface area contributed by atoms with Gasteiger partial charge < -0.3 is 15.2 Å². The molecule has 1 fully saturated rings. The quantitative estimate of drug-likeness (QED) is 0.709. The third-order valence-electron chi connectivity index (χ3n) is 4.82. The average Bonchev–Trinajstić information content (AvgIpc) is 2.95. The second kappa shape index (κ2) is 7.92. The fourth-order valence-corrected chi connectivity index (χ4v) is 3.56. The Morgan fingerprint density at radius 1 is 1.46 bits per heavy atom. The number of carbonyl (C=O) groups is 1. The highest BCUT2D eigenvalue weighted by Crippen LogP contribution is 2.25. The van der Waals surface area contributed by atoms with Gasteiger partial charge in [-0.15, -0.1) is 6.58 Å². The molecule has 1 atom stereocenters. The SMILES string of the molecule is C=CCn1nc(C(=O)O)c2c1CC[C@@H](NCCN1CCOCC1)C2. The number of allylic oxidation sites excluding steroid dienone is 1. The van der Waals surface area contributed by atoms with E-state index in [0.29, 0.717) is 12.6 Å². The number of aromatic carboxylic acids is 1. The highest BCUT2D eigenvalue weighted by atomic mass is 16.5. The number of nitrogens with zero attached hydrogens (tertiary/aromatic N) is 3. The Bertz CT molecular complexity index is 593. The van der Waals surface area contributed by atoms with Gasteiger partial charge >= 0.3 is 5.97 Å². The molecule has 0 spiro atoms. The second-order valence-corrected chi connectivity index (χ2v) is 6.40. The Balaban J connectivity index is 1.58. The van der Waals surface area contributed by atoms with Crippen molar-refractivity contribution in [3.05, 3.63) is 29.6 Å². The molecule has 132 valence electrons. The lowest BCUT2D eigenvalue weighted by Gasteiger charge is -2.29. The summed E-state index contributed by atoms with van der Waals surface area (Å²) in [6.07, 6.45) is 4.36. The molecular weight excluding hydrogens is 308 g/mol. The van der Waals surface area contributed by atoms with Gasteiger partial charge in [-0.05, 0) is 19.3 Å². The van der Waals surface area contributed by atoms with Crippen molar-refractivity contribution < 1.29 is 14.6 Å². The van der Waals surface area contributed by atoms with E-state index < -0.39 is 5.97 Å². The Kier molecular flexibility index (Phi) is 5.65. The number of aromatic nitrogens is 2. The average molecular weight is 334 g/mol. The number of carboxylic acid groups (broad SMARTS) is 1. The lowest BCUT2D eigenvalue weighted by Crippen LogP contribution is -2.43. The maximum atomic E-state index is 11.5. The third kappa shape index (κ3) is 3.85. The van der Waals surface area contributed by atoms with Gasteiger partial charge in [0.1, 0.15) is 0 Å². The van der Waals surface area contributed by atoms with Crippen LogP contribution in [-0.4, -0.2) is 71.2 Å². The molecule has 0 saturated carbocycles. The summed E-state index contributed by atoms with van der Waals surface area (Å²) in [6.45, 7) is 9.83. The van der Waals surface area contributed by atoms with Gasteiger partial charge in [0.05, 0.1) is 19.8 Å². The topological polar surface area (TPSA) is 79.6 Å². The van der Waals surface area contributed by atoms with Crippen molar-refractivity contribution in [2.24, 2.45) is 0 Å². The lowest BCUT2D eigenvalue weighted by molar-refractivity contribution is 0.0381. The first-order valence-corrected chi connectivity index (χ1v) is 8.65. The minimum atomic E-state index is -0.942. The normalized spacial score (nSPS) is 21.4. The molecule has 24 heavy (non-hydrogen) atoms. The van der Waals surface area contributed by atoms with Crippen LogP contribution in [0.2, 0.25) is 0 Å². The second-order valence-electron chi connectivity index (χ2n) is 6.40. The molecule has 1 saturated heterocycles. The van der Waals surface area contributed by atoms with E-state index in [4.69, 9.17) is 4.74 Å². The molecule has 0 unspecified atom stereocenters. The van der Waals surface area contributed by atoms with Crippen LogP contribution in [0.1, 0.15) is 28.2 Å². The van der Waals surface area contributed by atoms with E-state index in [1.807, 2.05) is 0 Å². The predicted molar refractivity (Wildman–Crippen MR) is 90.5 cm³/mol. The summed E-state index contributed by atoms with van der Waals surface area (Å²) in [5.74, 6) is -0.942. The zero-order valence-electron chi connectivity index (χ0n) is 14.0. The van der Waals surface area contributed by atoms with Crippen LogP contribution in [0.3, 0.4) is 0 Å². The number of carboxylic acids is 1. The van der Waals surface area contributed by atoms with Crippen molar-refractivity contribution in [2.45, 2.75) is 31.8 Å². The number of rotatable bonds is 7. The van der Waals surface area contributed by atoms with Crippen LogP contribution in [0.5, 0.6) is 0 Å². The highest BCUT2D eigenvalue weighted by Gasteiger charge is 2.28. The van der Waals surface area contributed by atoms with Gasteiger partial charge in [-0.25, -0.2) is 4.79 Å². The number of hydrogen-bond donors (Lipinski definition) is 2.